The Morgan fingerprint density at radius 2 is 1.81 bits per heavy atom. The van der Waals surface area contributed by atoms with E-state index in [-0.39, 0.29) is 30.4 Å². The Hall–Kier alpha value is -3.12. The van der Waals surface area contributed by atoms with Gasteiger partial charge in [-0.05, 0) is 85.5 Å². The largest absolute Gasteiger partial charge is 0.497 e. The number of hydrogen-bond donors (Lipinski definition) is 0. The number of fused-ring (bicyclic) bond motifs is 1. The topological polar surface area (TPSA) is 49.9 Å². The van der Waals surface area contributed by atoms with Crippen molar-refractivity contribution in [2.24, 2.45) is 0 Å². The van der Waals surface area contributed by atoms with Crippen LogP contribution in [0.1, 0.15) is 71.6 Å². The molecule has 36 heavy (non-hydrogen) atoms. The normalized spacial score (nSPS) is 15.0. The van der Waals surface area contributed by atoms with Gasteiger partial charge in [0.15, 0.2) is 0 Å². The van der Waals surface area contributed by atoms with E-state index in [1.807, 2.05) is 67.3 Å². The third-order valence-electron chi connectivity index (χ3n) is 6.93. The molecule has 0 fully saturated rings. The van der Waals surface area contributed by atoms with Crippen molar-refractivity contribution in [1.82, 2.24) is 9.80 Å². The highest BCUT2D eigenvalue weighted by atomic mass is 32.1. The first-order valence-corrected chi connectivity index (χ1v) is 13.7. The Bertz CT molecular complexity index is 1170. The average molecular weight is 505 g/mol. The van der Waals surface area contributed by atoms with Crippen LogP contribution in [0.5, 0.6) is 5.75 Å². The summed E-state index contributed by atoms with van der Waals surface area (Å²) in [5.74, 6) is 0.652. The second kappa shape index (κ2) is 11.7. The number of amides is 2. The van der Waals surface area contributed by atoms with Gasteiger partial charge in [-0.25, -0.2) is 0 Å². The molecule has 2 aromatic carbocycles. The van der Waals surface area contributed by atoms with Crippen LogP contribution in [-0.4, -0.2) is 47.9 Å². The van der Waals surface area contributed by atoms with Gasteiger partial charge in [0.1, 0.15) is 12.3 Å². The molecule has 3 aromatic rings. The lowest BCUT2D eigenvalue weighted by molar-refractivity contribution is -0.134. The molecular weight excluding hydrogens is 468 g/mol. The molecule has 190 valence electrons. The minimum atomic E-state index is -0.166. The lowest BCUT2D eigenvalue weighted by Gasteiger charge is -2.38. The molecule has 1 aliphatic heterocycles. The number of carbonyl (C=O) groups is 2. The summed E-state index contributed by atoms with van der Waals surface area (Å²) < 4.78 is 5.34. The fourth-order valence-electron chi connectivity index (χ4n) is 4.82. The highest BCUT2D eigenvalue weighted by Gasteiger charge is 2.34. The fraction of sp³-hybridized carbons (Fsp3) is 0.400. The monoisotopic (exact) mass is 504 g/mol. The summed E-state index contributed by atoms with van der Waals surface area (Å²) in [5, 5.41) is 2.10. The molecule has 1 atom stereocenters. The maximum Gasteiger partial charge on any atom is 0.254 e. The molecular formula is C30H36N2O3S. The maximum absolute atomic E-state index is 13.8. The van der Waals surface area contributed by atoms with E-state index in [1.54, 1.807) is 23.3 Å². The summed E-state index contributed by atoms with van der Waals surface area (Å²) >= 11 is 1.74. The summed E-state index contributed by atoms with van der Waals surface area (Å²) in [6.45, 7) is 6.80. The van der Waals surface area contributed by atoms with Crippen LogP contribution in [0.15, 0.2) is 60.0 Å². The van der Waals surface area contributed by atoms with Gasteiger partial charge in [0, 0.05) is 23.0 Å². The quantitative estimate of drug-likeness (QED) is 0.353. The molecule has 1 aromatic heterocycles. The molecule has 0 aliphatic carbocycles. The first-order valence-electron chi connectivity index (χ1n) is 12.8. The second-order valence-electron chi connectivity index (χ2n) is 9.64. The predicted octanol–water partition coefficient (Wildman–Crippen LogP) is 6.12. The summed E-state index contributed by atoms with van der Waals surface area (Å²) in [5.41, 5.74) is 4.09. The van der Waals surface area contributed by atoms with E-state index < -0.39 is 0 Å². The molecule has 0 saturated carbocycles. The highest BCUT2D eigenvalue weighted by Crippen LogP contribution is 2.38. The molecule has 1 unspecified atom stereocenters. The first-order chi connectivity index (χ1) is 17.4. The number of hydrogen-bond acceptors (Lipinski definition) is 4. The Labute approximate surface area is 218 Å². The number of carbonyl (C=O) groups excluding carboxylic acids is 2. The number of nitrogens with zero attached hydrogens (tertiary/aromatic N) is 2. The molecule has 4 rings (SSSR count). The van der Waals surface area contributed by atoms with Crippen molar-refractivity contribution in [1.29, 1.82) is 0 Å². The van der Waals surface area contributed by atoms with Gasteiger partial charge in [-0.2, -0.15) is 0 Å². The van der Waals surface area contributed by atoms with Crippen LogP contribution in [0.3, 0.4) is 0 Å². The Morgan fingerprint density at radius 3 is 2.44 bits per heavy atom. The lowest BCUT2D eigenvalue weighted by atomic mass is 9.93. The van der Waals surface area contributed by atoms with E-state index in [4.69, 9.17) is 4.74 Å². The number of rotatable bonds is 9. The van der Waals surface area contributed by atoms with Gasteiger partial charge < -0.3 is 14.5 Å². The van der Waals surface area contributed by atoms with Crippen molar-refractivity contribution in [2.75, 3.05) is 20.2 Å². The molecule has 0 saturated heterocycles. The van der Waals surface area contributed by atoms with Gasteiger partial charge in [-0.15, -0.1) is 11.3 Å². The zero-order valence-electron chi connectivity index (χ0n) is 21.7. The van der Waals surface area contributed by atoms with Gasteiger partial charge >= 0.3 is 0 Å². The molecule has 6 heteroatoms. The second-order valence-corrected chi connectivity index (χ2v) is 10.6. The molecule has 0 spiro atoms. The minimum absolute atomic E-state index is 0.0331. The van der Waals surface area contributed by atoms with E-state index in [2.05, 4.69) is 18.4 Å². The van der Waals surface area contributed by atoms with Crippen LogP contribution in [0, 0.1) is 0 Å². The van der Waals surface area contributed by atoms with Crippen LogP contribution in [0.4, 0.5) is 0 Å². The zero-order valence-corrected chi connectivity index (χ0v) is 22.5. The van der Waals surface area contributed by atoms with Gasteiger partial charge in [0.25, 0.3) is 5.91 Å². The van der Waals surface area contributed by atoms with Gasteiger partial charge in [0.05, 0.1) is 13.2 Å². The van der Waals surface area contributed by atoms with Crippen LogP contribution >= 0.6 is 11.3 Å². The Morgan fingerprint density at radius 1 is 1.08 bits per heavy atom. The lowest BCUT2D eigenvalue weighted by Crippen LogP contribution is -2.48. The third-order valence-corrected chi connectivity index (χ3v) is 7.92. The summed E-state index contributed by atoms with van der Waals surface area (Å²) in [6.07, 6.45) is 4.13. The Kier molecular flexibility index (Phi) is 8.47. The number of aryl methyl sites for hydroxylation is 1. The number of benzene rings is 2. The summed E-state index contributed by atoms with van der Waals surface area (Å²) in [7, 11) is 1.65. The summed E-state index contributed by atoms with van der Waals surface area (Å²) in [4.78, 5) is 32.2. The first kappa shape index (κ1) is 26.0. The van der Waals surface area contributed by atoms with Crippen molar-refractivity contribution >= 4 is 23.2 Å². The number of unbranched alkanes of at least 4 members (excludes halogenated alkanes) is 1. The van der Waals surface area contributed by atoms with E-state index in [0.717, 1.165) is 37.0 Å². The van der Waals surface area contributed by atoms with Crippen molar-refractivity contribution in [2.45, 2.75) is 58.5 Å². The Balaban J connectivity index is 1.56. The SMILES string of the molecule is CCCCc1ccc(C(=O)N(CC(=O)N2CCc3sccc3C2c2ccc(OC)cc2)C(C)C)cc1. The third kappa shape index (κ3) is 5.65. The average Bonchev–Trinajstić information content (AvgIpc) is 3.38. The zero-order chi connectivity index (χ0) is 25.7. The number of ether oxygens (including phenoxy) is 1. The number of thiophene rings is 1. The van der Waals surface area contributed by atoms with Crippen LogP contribution < -0.4 is 4.74 Å². The van der Waals surface area contributed by atoms with Crippen LogP contribution in [0.2, 0.25) is 0 Å². The smallest absolute Gasteiger partial charge is 0.254 e. The highest BCUT2D eigenvalue weighted by molar-refractivity contribution is 7.10. The molecule has 2 amide bonds. The molecule has 2 heterocycles. The molecule has 0 N–H and O–H groups in total. The van der Waals surface area contributed by atoms with Crippen molar-refractivity contribution in [3.63, 3.8) is 0 Å². The van der Waals surface area contributed by atoms with Crippen molar-refractivity contribution in [3.05, 3.63) is 87.1 Å². The summed E-state index contributed by atoms with van der Waals surface area (Å²) in [6, 6.07) is 17.7. The molecule has 0 bridgehead atoms. The predicted molar refractivity (Wildman–Crippen MR) is 146 cm³/mol. The van der Waals surface area contributed by atoms with Crippen LogP contribution in [-0.2, 0) is 17.6 Å². The number of methoxy groups -OCH3 is 1. The van der Waals surface area contributed by atoms with E-state index in [1.165, 1.54) is 16.0 Å². The van der Waals surface area contributed by atoms with Gasteiger partial charge in [-0.3, -0.25) is 9.59 Å². The molecule has 0 radical (unpaired) electrons. The van der Waals surface area contributed by atoms with E-state index in [0.29, 0.717) is 12.1 Å². The van der Waals surface area contributed by atoms with Crippen LogP contribution in [0.25, 0.3) is 0 Å². The molecule has 5 nitrogen and oxygen atoms in total. The molecule has 1 aliphatic rings. The standard InChI is InChI=1S/C30H36N2O3S/c1-5-6-7-22-8-10-24(11-9-22)30(34)32(21(2)3)20-28(33)31-18-16-27-26(17-19-36-27)29(31)23-12-14-25(35-4)15-13-23/h8-15,17,19,21,29H,5-7,16,18,20H2,1-4H3. The van der Waals surface area contributed by atoms with Crippen molar-refractivity contribution < 1.29 is 14.3 Å². The van der Waals surface area contributed by atoms with E-state index >= 15 is 0 Å². The minimum Gasteiger partial charge on any atom is -0.497 e. The van der Waals surface area contributed by atoms with E-state index in [9.17, 15) is 9.59 Å². The maximum atomic E-state index is 13.8. The van der Waals surface area contributed by atoms with Gasteiger partial charge in [-0.1, -0.05) is 37.6 Å². The van der Waals surface area contributed by atoms with Gasteiger partial charge in [0.2, 0.25) is 5.91 Å². The fourth-order valence-corrected chi connectivity index (χ4v) is 5.72. The van der Waals surface area contributed by atoms with Crippen molar-refractivity contribution in [3.8, 4) is 5.75 Å².